The van der Waals surface area contributed by atoms with Gasteiger partial charge in [-0.05, 0) is 37.6 Å². The minimum Gasteiger partial charge on any atom is -0.382 e. The highest BCUT2D eigenvalue weighted by molar-refractivity contribution is 6.30. The molecule has 0 fully saturated rings. The first-order chi connectivity index (χ1) is 8.74. The summed E-state index contributed by atoms with van der Waals surface area (Å²) >= 11 is 5.86. The van der Waals surface area contributed by atoms with Gasteiger partial charge in [-0.1, -0.05) is 23.7 Å². The standard InChI is InChI=1S/C14H22ClNO2/c1-12(13-4-6-14(15)7-5-13)16-8-3-9-18-11-10-17-2/h4-7,12,16H,3,8-11H2,1-2H3. The van der Waals surface area contributed by atoms with E-state index in [1.807, 2.05) is 12.1 Å². The molecule has 0 saturated carbocycles. The van der Waals surface area contributed by atoms with Gasteiger partial charge in [-0.15, -0.1) is 0 Å². The molecule has 3 nitrogen and oxygen atoms in total. The van der Waals surface area contributed by atoms with E-state index < -0.39 is 0 Å². The molecule has 0 radical (unpaired) electrons. The Morgan fingerprint density at radius 1 is 1.17 bits per heavy atom. The Hall–Kier alpha value is -0.610. The zero-order valence-corrected chi connectivity index (χ0v) is 11.9. The van der Waals surface area contributed by atoms with Crippen LogP contribution in [0.2, 0.25) is 5.02 Å². The lowest BCUT2D eigenvalue weighted by molar-refractivity contribution is 0.0693. The predicted molar refractivity (Wildman–Crippen MR) is 75.2 cm³/mol. The number of rotatable bonds is 9. The number of benzene rings is 1. The zero-order valence-electron chi connectivity index (χ0n) is 11.1. The smallest absolute Gasteiger partial charge is 0.0700 e. The second kappa shape index (κ2) is 9.34. The van der Waals surface area contributed by atoms with E-state index in [-0.39, 0.29) is 0 Å². The highest BCUT2D eigenvalue weighted by Crippen LogP contribution is 2.15. The molecule has 1 rings (SSSR count). The van der Waals surface area contributed by atoms with Crippen LogP contribution in [0.3, 0.4) is 0 Å². The van der Waals surface area contributed by atoms with Crippen molar-refractivity contribution >= 4 is 11.6 Å². The van der Waals surface area contributed by atoms with Gasteiger partial charge in [0.15, 0.2) is 0 Å². The summed E-state index contributed by atoms with van der Waals surface area (Å²) in [5, 5.41) is 4.23. The van der Waals surface area contributed by atoms with Gasteiger partial charge in [-0.2, -0.15) is 0 Å². The van der Waals surface area contributed by atoms with Crippen molar-refractivity contribution < 1.29 is 9.47 Å². The Morgan fingerprint density at radius 3 is 2.56 bits per heavy atom. The molecule has 0 heterocycles. The number of ether oxygens (including phenoxy) is 2. The maximum absolute atomic E-state index is 5.86. The third-order valence-corrected chi connectivity index (χ3v) is 2.97. The van der Waals surface area contributed by atoms with Crippen molar-refractivity contribution in [3.8, 4) is 0 Å². The van der Waals surface area contributed by atoms with Gasteiger partial charge >= 0.3 is 0 Å². The molecule has 18 heavy (non-hydrogen) atoms. The van der Waals surface area contributed by atoms with Crippen molar-refractivity contribution in [2.24, 2.45) is 0 Å². The van der Waals surface area contributed by atoms with Crippen molar-refractivity contribution in [2.75, 3.05) is 33.5 Å². The van der Waals surface area contributed by atoms with Crippen molar-refractivity contribution in [3.63, 3.8) is 0 Å². The van der Waals surface area contributed by atoms with Crippen molar-refractivity contribution in [1.82, 2.24) is 5.32 Å². The number of hydrogen-bond acceptors (Lipinski definition) is 3. The Labute approximate surface area is 114 Å². The van der Waals surface area contributed by atoms with Gasteiger partial charge in [0.05, 0.1) is 13.2 Å². The summed E-state index contributed by atoms with van der Waals surface area (Å²) in [4.78, 5) is 0. The number of methoxy groups -OCH3 is 1. The van der Waals surface area contributed by atoms with E-state index in [4.69, 9.17) is 21.1 Å². The lowest BCUT2D eigenvalue weighted by Crippen LogP contribution is -2.21. The van der Waals surface area contributed by atoms with E-state index >= 15 is 0 Å². The maximum atomic E-state index is 5.86. The molecule has 0 aliphatic heterocycles. The first-order valence-corrected chi connectivity index (χ1v) is 6.67. The molecule has 102 valence electrons. The molecular weight excluding hydrogens is 250 g/mol. The van der Waals surface area contributed by atoms with Crippen LogP contribution in [0.5, 0.6) is 0 Å². The van der Waals surface area contributed by atoms with E-state index in [2.05, 4.69) is 24.4 Å². The molecule has 1 aromatic rings. The third kappa shape index (κ3) is 6.36. The van der Waals surface area contributed by atoms with E-state index in [9.17, 15) is 0 Å². The lowest BCUT2D eigenvalue weighted by Gasteiger charge is -2.14. The van der Waals surface area contributed by atoms with Crippen LogP contribution >= 0.6 is 11.6 Å². The molecular formula is C14H22ClNO2. The van der Waals surface area contributed by atoms with Crippen LogP contribution < -0.4 is 5.32 Å². The summed E-state index contributed by atoms with van der Waals surface area (Å²) in [6, 6.07) is 8.27. The fourth-order valence-electron chi connectivity index (χ4n) is 1.61. The van der Waals surface area contributed by atoms with Gasteiger partial charge in [0.1, 0.15) is 0 Å². The fraction of sp³-hybridized carbons (Fsp3) is 0.571. The summed E-state index contributed by atoms with van der Waals surface area (Å²) < 4.78 is 10.3. The molecule has 1 N–H and O–H groups in total. The Morgan fingerprint density at radius 2 is 1.89 bits per heavy atom. The summed E-state index contributed by atoms with van der Waals surface area (Å²) in [6.07, 6.45) is 1.00. The summed E-state index contributed by atoms with van der Waals surface area (Å²) in [5.74, 6) is 0. The van der Waals surface area contributed by atoms with Crippen LogP contribution in [-0.4, -0.2) is 33.5 Å². The topological polar surface area (TPSA) is 30.5 Å². The van der Waals surface area contributed by atoms with E-state index in [0.29, 0.717) is 19.3 Å². The van der Waals surface area contributed by atoms with Crippen molar-refractivity contribution in [3.05, 3.63) is 34.9 Å². The largest absolute Gasteiger partial charge is 0.382 e. The van der Waals surface area contributed by atoms with Crippen LogP contribution in [0.15, 0.2) is 24.3 Å². The van der Waals surface area contributed by atoms with E-state index in [1.54, 1.807) is 7.11 Å². The highest BCUT2D eigenvalue weighted by Gasteiger charge is 2.03. The number of halogens is 1. The molecule has 0 aliphatic rings. The van der Waals surface area contributed by atoms with Crippen molar-refractivity contribution in [2.45, 2.75) is 19.4 Å². The molecule has 0 saturated heterocycles. The zero-order chi connectivity index (χ0) is 13.2. The van der Waals surface area contributed by atoms with Gasteiger partial charge in [-0.25, -0.2) is 0 Å². The normalized spacial score (nSPS) is 12.6. The van der Waals surface area contributed by atoms with Crippen LogP contribution in [0.1, 0.15) is 24.9 Å². The SMILES string of the molecule is COCCOCCCNC(C)c1ccc(Cl)cc1. The third-order valence-electron chi connectivity index (χ3n) is 2.72. The van der Waals surface area contributed by atoms with Gasteiger partial charge in [0.25, 0.3) is 0 Å². The maximum Gasteiger partial charge on any atom is 0.0700 e. The van der Waals surface area contributed by atoms with Gasteiger partial charge in [0.2, 0.25) is 0 Å². The molecule has 0 bridgehead atoms. The fourth-order valence-corrected chi connectivity index (χ4v) is 1.73. The summed E-state index contributed by atoms with van der Waals surface area (Å²) in [5.41, 5.74) is 1.25. The Bertz CT molecular complexity index is 316. The van der Waals surface area contributed by atoms with Crippen LogP contribution in [0.4, 0.5) is 0 Å². The molecule has 0 aliphatic carbocycles. The molecule has 0 amide bonds. The van der Waals surface area contributed by atoms with Gasteiger partial charge in [0, 0.05) is 24.8 Å². The van der Waals surface area contributed by atoms with Gasteiger partial charge < -0.3 is 14.8 Å². The minimum atomic E-state index is 0.334. The predicted octanol–water partition coefficient (Wildman–Crippen LogP) is 3.04. The molecule has 1 atom stereocenters. The molecule has 4 heteroatoms. The van der Waals surface area contributed by atoms with Gasteiger partial charge in [-0.3, -0.25) is 0 Å². The minimum absolute atomic E-state index is 0.334. The Kier molecular flexibility index (Phi) is 8.01. The van der Waals surface area contributed by atoms with Crippen LogP contribution in [-0.2, 0) is 9.47 Å². The highest BCUT2D eigenvalue weighted by atomic mass is 35.5. The second-order valence-corrected chi connectivity index (χ2v) is 4.62. The van der Waals surface area contributed by atoms with E-state index in [1.165, 1.54) is 5.56 Å². The van der Waals surface area contributed by atoms with Crippen LogP contribution in [0.25, 0.3) is 0 Å². The molecule has 1 aromatic carbocycles. The summed E-state index contributed by atoms with van der Waals surface area (Å²) in [7, 11) is 1.68. The molecule has 1 unspecified atom stereocenters. The average Bonchev–Trinajstić information content (AvgIpc) is 2.38. The lowest BCUT2D eigenvalue weighted by atomic mass is 10.1. The van der Waals surface area contributed by atoms with Crippen molar-refractivity contribution in [1.29, 1.82) is 0 Å². The van der Waals surface area contributed by atoms with E-state index in [0.717, 1.165) is 24.6 Å². The number of nitrogens with one attached hydrogen (secondary N) is 1. The Balaban J connectivity index is 2.10. The average molecular weight is 272 g/mol. The molecule has 0 aromatic heterocycles. The molecule has 0 spiro atoms. The quantitative estimate of drug-likeness (QED) is 0.701. The summed E-state index contributed by atoms with van der Waals surface area (Å²) in [6.45, 7) is 5.19. The number of hydrogen-bond donors (Lipinski definition) is 1. The first-order valence-electron chi connectivity index (χ1n) is 6.29. The second-order valence-electron chi connectivity index (χ2n) is 4.19. The van der Waals surface area contributed by atoms with Crippen LogP contribution in [0, 0.1) is 0 Å². The first kappa shape index (κ1) is 15.4. The monoisotopic (exact) mass is 271 g/mol.